The minimum atomic E-state index is -0.125. The van der Waals surface area contributed by atoms with Gasteiger partial charge in [-0.15, -0.1) is 11.3 Å². The van der Waals surface area contributed by atoms with Gasteiger partial charge >= 0.3 is 0 Å². The van der Waals surface area contributed by atoms with Crippen LogP contribution >= 0.6 is 11.3 Å². The van der Waals surface area contributed by atoms with E-state index in [1.807, 2.05) is 42.8 Å². The summed E-state index contributed by atoms with van der Waals surface area (Å²) in [7, 11) is 1.88. The third-order valence-electron chi connectivity index (χ3n) is 4.51. The zero-order valence-electron chi connectivity index (χ0n) is 15.7. The van der Waals surface area contributed by atoms with Crippen molar-refractivity contribution in [2.75, 3.05) is 0 Å². The second-order valence-electron chi connectivity index (χ2n) is 6.42. The highest BCUT2D eigenvalue weighted by molar-refractivity contribution is 7.19. The number of hydrogen-bond acceptors (Lipinski definition) is 5. The molecule has 0 unspecified atom stereocenters. The van der Waals surface area contributed by atoms with E-state index in [-0.39, 0.29) is 5.56 Å². The number of hydrogen-bond donors (Lipinski definition) is 1. The van der Waals surface area contributed by atoms with Crippen LogP contribution in [0.15, 0.2) is 59.7 Å². The molecular weight excluding hydrogens is 372 g/mol. The van der Waals surface area contributed by atoms with E-state index < -0.39 is 0 Å². The Morgan fingerprint density at radius 3 is 3.00 bits per heavy atom. The van der Waals surface area contributed by atoms with Crippen LogP contribution in [0.2, 0.25) is 0 Å². The van der Waals surface area contributed by atoms with Crippen LogP contribution in [-0.4, -0.2) is 29.5 Å². The molecule has 4 heterocycles. The fourth-order valence-corrected chi connectivity index (χ4v) is 4.39. The Hall–Kier alpha value is -3.26. The van der Waals surface area contributed by atoms with Gasteiger partial charge in [0.15, 0.2) is 5.65 Å². The molecule has 7 nitrogen and oxygen atoms in total. The maximum absolute atomic E-state index is 13.1. The summed E-state index contributed by atoms with van der Waals surface area (Å²) in [4.78, 5) is 17.8. The number of aromatic nitrogens is 6. The molecule has 8 heteroatoms. The topological polar surface area (TPSA) is 81.4 Å². The number of nitrogens with zero attached hydrogens (tertiary/aromatic N) is 5. The Morgan fingerprint density at radius 2 is 2.29 bits per heavy atom. The minimum Gasteiger partial charge on any atom is -0.323 e. The molecule has 0 spiro atoms. The predicted molar refractivity (Wildman–Crippen MR) is 113 cm³/mol. The number of thiazole rings is 1. The summed E-state index contributed by atoms with van der Waals surface area (Å²) >= 11 is 1.59. The fraction of sp³-hybridized carbons (Fsp3) is 0.200. The molecule has 0 saturated carbocycles. The van der Waals surface area contributed by atoms with Crippen molar-refractivity contribution in [1.82, 2.24) is 29.5 Å². The van der Waals surface area contributed by atoms with Crippen molar-refractivity contribution in [3.8, 4) is 0 Å². The van der Waals surface area contributed by atoms with Gasteiger partial charge < -0.3 is 4.57 Å². The number of aromatic amines is 1. The lowest BCUT2D eigenvalue weighted by atomic mass is 10.2. The lowest BCUT2D eigenvalue weighted by molar-refractivity contribution is 0.643. The average molecular weight is 392 g/mol. The highest BCUT2D eigenvalue weighted by atomic mass is 32.1. The number of H-pyrrole nitrogens is 1. The zero-order chi connectivity index (χ0) is 19.7. The van der Waals surface area contributed by atoms with Crippen LogP contribution in [0.1, 0.15) is 17.6 Å². The predicted octanol–water partition coefficient (Wildman–Crippen LogP) is 3.35. The number of nitrogens with one attached hydrogen (secondary N) is 1. The van der Waals surface area contributed by atoms with Crippen LogP contribution in [0, 0.1) is 0 Å². The third kappa shape index (κ3) is 3.11. The second kappa shape index (κ2) is 7.40. The highest BCUT2D eigenvalue weighted by Gasteiger charge is 2.18. The molecule has 0 aromatic carbocycles. The largest absolute Gasteiger partial charge is 0.323 e. The number of aryl methyl sites for hydroxylation is 1. The van der Waals surface area contributed by atoms with Crippen molar-refractivity contribution in [3.05, 3.63) is 76.0 Å². The first-order chi connectivity index (χ1) is 13.6. The molecule has 0 atom stereocenters. The van der Waals surface area contributed by atoms with Crippen LogP contribution in [0.3, 0.4) is 0 Å². The molecule has 1 N–H and O–H groups in total. The minimum absolute atomic E-state index is 0.125. The van der Waals surface area contributed by atoms with Gasteiger partial charge in [-0.1, -0.05) is 30.9 Å². The van der Waals surface area contributed by atoms with E-state index in [2.05, 4.69) is 21.9 Å². The van der Waals surface area contributed by atoms with Gasteiger partial charge in [-0.25, -0.2) is 9.67 Å². The molecule has 0 bridgehead atoms. The Balaban J connectivity index is 1.78. The Bertz CT molecular complexity index is 1270. The molecule has 0 aliphatic heterocycles. The molecule has 0 saturated heterocycles. The molecule has 28 heavy (non-hydrogen) atoms. The lowest BCUT2D eigenvalue weighted by Crippen LogP contribution is -2.24. The molecule has 4 aromatic rings. The van der Waals surface area contributed by atoms with Crippen LogP contribution < -0.4 is 5.56 Å². The molecule has 4 rings (SSSR count). The van der Waals surface area contributed by atoms with Crippen LogP contribution in [0.25, 0.3) is 21.3 Å². The molecule has 4 aromatic heterocycles. The van der Waals surface area contributed by atoms with E-state index in [4.69, 9.17) is 4.98 Å². The standard InChI is InChI=1S/C20H20N6OS/c1-4-6-13(7-5-2)12-26-20(27)17-15(11-22-26)18-19(25(17)3)23-16(28-18)10-14-8-9-21-24-14/h4-9,11H,1,10,12H2,2-3H3,(H,21,24)/b7-5-,13-6+. The Labute approximate surface area is 165 Å². The number of fused-ring (bicyclic) bond motifs is 3. The first kappa shape index (κ1) is 18.1. The highest BCUT2D eigenvalue weighted by Crippen LogP contribution is 2.31. The average Bonchev–Trinajstić information content (AvgIpc) is 3.38. The third-order valence-corrected chi connectivity index (χ3v) is 5.59. The number of rotatable bonds is 6. The van der Waals surface area contributed by atoms with E-state index >= 15 is 0 Å². The smallest absolute Gasteiger partial charge is 0.291 e. The monoisotopic (exact) mass is 392 g/mol. The first-order valence-electron chi connectivity index (χ1n) is 8.88. The van der Waals surface area contributed by atoms with Gasteiger partial charge in [0, 0.05) is 30.7 Å². The van der Waals surface area contributed by atoms with Crippen molar-refractivity contribution in [2.45, 2.75) is 19.9 Å². The van der Waals surface area contributed by atoms with Crippen LogP contribution in [-0.2, 0) is 20.0 Å². The summed E-state index contributed by atoms with van der Waals surface area (Å²) in [6.45, 7) is 6.06. The fourth-order valence-electron chi connectivity index (χ4n) is 3.27. The van der Waals surface area contributed by atoms with Gasteiger partial charge in [-0.05, 0) is 18.6 Å². The Kier molecular flexibility index (Phi) is 4.79. The van der Waals surface area contributed by atoms with Gasteiger partial charge in [0.1, 0.15) is 10.5 Å². The van der Waals surface area contributed by atoms with Crippen molar-refractivity contribution in [2.24, 2.45) is 7.05 Å². The van der Waals surface area contributed by atoms with Gasteiger partial charge in [0.2, 0.25) is 0 Å². The van der Waals surface area contributed by atoms with Crippen molar-refractivity contribution < 1.29 is 0 Å². The first-order valence-corrected chi connectivity index (χ1v) is 9.70. The summed E-state index contributed by atoms with van der Waals surface area (Å²) in [5.41, 5.74) is 3.27. The summed E-state index contributed by atoms with van der Waals surface area (Å²) in [5.74, 6) is 0. The summed E-state index contributed by atoms with van der Waals surface area (Å²) in [6.07, 6.45) is 11.7. The maximum atomic E-state index is 13.1. The zero-order valence-corrected chi connectivity index (χ0v) is 16.5. The van der Waals surface area contributed by atoms with Crippen molar-refractivity contribution in [3.63, 3.8) is 0 Å². The summed E-state index contributed by atoms with van der Waals surface area (Å²) < 4.78 is 4.33. The van der Waals surface area contributed by atoms with Crippen LogP contribution in [0.4, 0.5) is 0 Å². The van der Waals surface area contributed by atoms with Gasteiger partial charge in [0.05, 0.1) is 17.4 Å². The van der Waals surface area contributed by atoms with E-state index in [0.29, 0.717) is 18.5 Å². The lowest BCUT2D eigenvalue weighted by Gasteiger charge is -2.06. The quantitative estimate of drug-likeness (QED) is 0.510. The maximum Gasteiger partial charge on any atom is 0.291 e. The Morgan fingerprint density at radius 1 is 1.43 bits per heavy atom. The van der Waals surface area contributed by atoms with E-state index in [9.17, 15) is 4.79 Å². The molecule has 0 fully saturated rings. The molecule has 0 amide bonds. The van der Waals surface area contributed by atoms with Crippen molar-refractivity contribution >= 4 is 32.6 Å². The number of allylic oxidation sites excluding steroid dienone is 5. The SMILES string of the molecule is C=C/C=C(\C=C/C)Cn1ncc2c3sc(Cc4ccn[nH]4)nc3n(C)c2c1=O. The van der Waals surface area contributed by atoms with Gasteiger partial charge in [-0.3, -0.25) is 9.89 Å². The molecular formula is C20H20N6OS. The van der Waals surface area contributed by atoms with Crippen LogP contribution in [0.5, 0.6) is 0 Å². The second-order valence-corrected chi connectivity index (χ2v) is 7.51. The molecule has 0 aliphatic rings. The molecule has 0 radical (unpaired) electrons. The normalized spacial score (nSPS) is 12.6. The van der Waals surface area contributed by atoms with Crippen molar-refractivity contribution in [1.29, 1.82) is 0 Å². The molecule has 142 valence electrons. The van der Waals surface area contributed by atoms with Gasteiger partial charge in [-0.2, -0.15) is 10.2 Å². The summed E-state index contributed by atoms with van der Waals surface area (Å²) in [5, 5.41) is 13.1. The molecule has 0 aliphatic carbocycles. The summed E-state index contributed by atoms with van der Waals surface area (Å²) in [6, 6.07) is 1.93. The van der Waals surface area contributed by atoms with Gasteiger partial charge in [0.25, 0.3) is 5.56 Å². The van der Waals surface area contributed by atoms with E-state index in [1.54, 1.807) is 29.8 Å². The van der Waals surface area contributed by atoms with E-state index in [0.717, 1.165) is 32.0 Å². The van der Waals surface area contributed by atoms with E-state index in [1.165, 1.54) is 4.68 Å².